The summed E-state index contributed by atoms with van der Waals surface area (Å²) < 4.78 is 0.989. The Labute approximate surface area is 160 Å². The summed E-state index contributed by atoms with van der Waals surface area (Å²) in [5.74, 6) is -0.958. The van der Waals surface area contributed by atoms with Crippen LogP contribution in [0, 0.1) is 0 Å². The normalized spacial score (nSPS) is 17.5. The average Bonchev–Trinajstić information content (AvgIpc) is 2.59. The van der Waals surface area contributed by atoms with E-state index in [0.29, 0.717) is 11.1 Å². The number of fused-ring (bicyclic) bond motifs is 1. The monoisotopic (exact) mass is 387 g/mol. The van der Waals surface area contributed by atoms with Gasteiger partial charge in [0.15, 0.2) is 0 Å². The molecular weight excluding hydrogens is 366 g/mol. The van der Waals surface area contributed by atoms with Crippen molar-refractivity contribution in [3.8, 4) is 0 Å². The number of hydrogen-bond acceptors (Lipinski definition) is 6. The Morgan fingerprint density at radius 2 is 2.04 bits per heavy atom. The first-order valence-corrected chi connectivity index (χ1v) is 8.80. The van der Waals surface area contributed by atoms with Gasteiger partial charge in [0.2, 0.25) is 5.91 Å². The number of hydrogen-bond donors (Lipinski definition) is 2. The van der Waals surface area contributed by atoms with Crippen LogP contribution in [0.4, 0.5) is 4.79 Å². The summed E-state index contributed by atoms with van der Waals surface area (Å²) in [5, 5.41) is 19.8. The van der Waals surface area contributed by atoms with Gasteiger partial charge < -0.3 is 5.11 Å². The Morgan fingerprint density at radius 3 is 2.64 bits per heavy atom. The van der Waals surface area contributed by atoms with E-state index in [0.717, 1.165) is 4.68 Å². The fourth-order valence-corrected chi connectivity index (χ4v) is 3.09. The van der Waals surface area contributed by atoms with Crippen molar-refractivity contribution in [2.75, 3.05) is 0 Å². The zero-order valence-electron chi connectivity index (χ0n) is 15.8. The van der Waals surface area contributed by atoms with Crippen LogP contribution in [0.3, 0.4) is 0 Å². The van der Waals surface area contributed by atoms with Crippen molar-refractivity contribution in [1.29, 1.82) is 0 Å². The summed E-state index contributed by atoms with van der Waals surface area (Å²) >= 11 is 0. The van der Waals surface area contributed by atoms with Crippen LogP contribution in [0.1, 0.15) is 45.2 Å². The van der Waals surface area contributed by atoms with Crippen LogP contribution in [0.2, 0.25) is 0 Å². The van der Waals surface area contributed by atoms with Gasteiger partial charge in [-0.2, -0.15) is 4.68 Å². The summed E-state index contributed by atoms with van der Waals surface area (Å²) in [6.07, 6.45) is -0.742. The predicted molar refractivity (Wildman–Crippen MR) is 98.5 cm³/mol. The highest BCUT2D eigenvalue weighted by Gasteiger charge is 2.30. The third-order valence-corrected chi connectivity index (χ3v) is 4.64. The number of aromatic nitrogens is 3. The number of carbonyl (C=O) groups excluding carboxylic acids is 2. The van der Waals surface area contributed by atoms with E-state index < -0.39 is 29.1 Å². The van der Waals surface area contributed by atoms with Gasteiger partial charge in [0.25, 0.3) is 11.5 Å². The Morgan fingerprint density at radius 1 is 1.32 bits per heavy atom. The number of carbonyl (C=O) groups is 3. The number of benzene rings is 1. The molecule has 148 valence electrons. The SMILES string of the molecule is CC(C)(C)N(Cc1ccc2c(=O)n(C3CCC(=O)NC3=O)nnc2c1)C(=O)O. The number of rotatable bonds is 3. The number of carboxylic acid groups (broad SMARTS) is 1. The predicted octanol–water partition coefficient (Wildman–Crippen LogP) is 1.05. The summed E-state index contributed by atoms with van der Waals surface area (Å²) in [6, 6.07) is 3.93. The molecule has 1 atom stereocenters. The van der Waals surface area contributed by atoms with Gasteiger partial charge in [0.1, 0.15) is 11.6 Å². The van der Waals surface area contributed by atoms with E-state index in [1.807, 2.05) is 0 Å². The van der Waals surface area contributed by atoms with E-state index in [4.69, 9.17) is 0 Å². The molecule has 2 heterocycles. The molecule has 3 rings (SSSR count). The number of nitrogens with zero attached hydrogens (tertiary/aromatic N) is 4. The fraction of sp³-hybridized carbons (Fsp3) is 0.444. The molecule has 28 heavy (non-hydrogen) atoms. The molecular formula is C18H21N5O5. The van der Waals surface area contributed by atoms with Gasteiger partial charge in [-0.3, -0.25) is 24.6 Å². The van der Waals surface area contributed by atoms with Crippen molar-refractivity contribution < 1.29 is 19.5 Å². The minimum atomic E-state index is -1.05. The van der Waals surface area contributed by atoms with Crippen LogP contribution in [0.5, 0.6) is 0 Å². The fourth-order valence-electron chi connectivity index (χ4n) is 3.09. The number of piperidine rings is 1. The maximum Gasteiger partial charge on any atom is 0.408 e. The van der Waals surface area contributed by atoms with Crippen LogP contribution in [-0.2, 0) is 16.1 Å². The van der Waals surface area contributed by atoms with Gasteiger partial charge >= 0.3 is 6.09 Å². The minimum Gasteiger partial charge on any atom is -0.465 e. The lowest BCUT2D eigenvalue weighted by Crippen LogP contribution is -2.45. The van der Waals surface area contributed by atoms with Gasteiger partial charge in [0.05, 0.1) is 5.39 Å². The second-order valence-electron chi connectivity index (χ2n) is 7.70. The molecule has 1 unspecified atom stereocenters. The Kier molecular flexibility index (Phi) is 4.88. The minimum absolute atomic E-state index is 0.124. The molecule has 0 bridgehead atoms. The molecule has 2 N–H and O–H groups in total. The van der Waals surface area contributed by atoms with Crippen LogP contribution in [-0.4, -0.2) is 48.4 Å². The van der Waals surface area contributed by atoms with Crippen LogP contribution in [0.15, 0.2) is 23.0 Å². The van der Waals surface area contributed by atoms with Crippen molar-refractivity contribution in [3.05, 3.63) is 34.1 Å². The Hall–Kier alpha value is -3.30. The largest absolute Gasteiger partial charge is 0.465 e. The van der Waals surface area contributed by atoms with Gasteiger partial charge in [-0.25, -0.2) is 4.79 Å². The van der Waals surface area contributed by atoms with Crippen LogP contribution in [0.25, 0.3) is 10.9 Å². The molecule has 1 fully saturated rings. The van der Waals surface area contributed by atoms with E-state index in [9.17, 15) is 24.3 Å². The Bertz CT molecular complexity index is 1020. The van der Waals surface area contributed by atoms with Gasteiger partial charge in [0, 0.05) is 18.5 Å². The molecule has 10 heteroatoms. The van der Waals surface area contributed by atoms with E-state index in [1.54, 1.807) is 39.0 Å². The quantitative estimate of drug-likeness (QED) is 0.752. The zero-order valence-corrected chi connectivity index (χ0v) is 15.8. The number of amides is 3. The average molecular weight is 387 g/mol. The van der Waals surface area contributed by atoms with E-state index in [1.165, 1.54) is 4.90 Å². The standard InChI is InChI=1S/C18H21N5O5/c1-18(2,3)22(17(27)28)9-10-4-5-11-12(8-10)20-21-23(16(11)26)13-6-7-14(24)19-15(13)25/h4-5,8,13H,6-7,9H2,1-3H3,(H,27,28)(H,19,24,25). The maximum atomic E-state index is 12.7. The molecule has 0 spiro atoms. The van der Waals surface area contributed by atoms with Crippen molar-refractivity contribution in [3.63, 3.8) is 0 Å². The number of imide groups is 1. The smallest absolute Gasteiger partial charge is 0.408 e. The third-order valence-electron chi connectivity index (χ3n) is 4.64. The molecule has 1 aliphatic heterocycles. The zero-order chi connectivity index (χ0) is 20.6. The van der Waals surface area contributed by atoms with E-state index in [-0.39, 0.29) is 30.7 Å². The lowest BCUT2D eigenvalue weighted by molar-refractivity contribution is -0.136. The molecule has 0 aliphatic carbocycles. The van der Waals surface area contributed by atoms with Crippen molar-refractivity contribution in [2.24, 2.45) is 0 Å². The van der Waals surface area contributed by atoms with Crippen molar-refractivity contribution in [2.45, 2.75) is 51.7 Å². The molecule has 0 radical (unpaired) electrons. The topological polar surface area (TPSA) is 134 Å². The second kappa shape index (κ2) is 7.02. The lowest BCUT2D eigenvalue weighted by Gasteiger charge is -2.33. The van der Waals surface area contributed by atoms with Crippen molar-refractivity contribution in [1.82, 2.24) is 25.2 Å². The number of nitrogens with one attached hydrogen (secondary N) is 1. The first-order valence-electron chi connectivity index (χ1n) is 8.80. The lowest BCUT2D eigenvalue weighted by atomic mass is 10.0. The maximum absolute atomic E-state index is 12.7. The Balaban J connectivity index is 1.95. The molecule has 1 saturated heterocycles. The van der Waals surface area contributed by atoms with E-state index in [2.05, 4.69) is 15.6 Å². The highest BCUT2D eigenvalue weighted by atomic mass is 16.4. The van der Waals surface area contributed by atoms with Gasteiger partial charge in [-0.05, 0) is 44.9 Å². The highest BCUT2D eigenvalue weighted by Crippen LogP contribution is 2.20. The molecule has 1 aromatic carbocycles. The third kappa shape index (κ3) is 3.71. The van der Waals surface area contributed by atoms with Crippen molar-refractivity contribution >= 4 is 28.8 Å². The van der Waals surface area contributed by atoms with Crippen LogP contribution >= 0.6 is 0 Å². The summed E-state index contributed by atoms with van der Waals surface area (Å²) in [4.78, 5) is 48.9. The molecule has 0 saturated carbocycles. The van der Waals surface area contributed by atoms with E-state index >= 15 is 0 Å². The van der Waals surface area contributed by atoms with Crippen LogP contribution < -0.4 is 10.9 Å². The summed E-state index contributed by atoms with van der Waals surface area (Å²) in [6.45, 7) is 5.51. The van der Waals surface area contributed by atoms with Gasteiger partial charge in [-0.15, -0.1) is 5.10 Å². The molecule has 2 aromatic rings. The summed E-state index contributed by atoms with van der Waals surface area (Å²) in [7, 11) is 0. The molecule has 10 nitrogen and oxygen atoms in total. The summed E-state index contributed by atoms with van der Waals surface area (Å²) in [5.41, 5.74) is -0.110. The molecule has 1 aliphatic rings. The van der Waals surface area contributed by atoms with Gasteiger partial charge in [-0.1, -0.05) is 11.3 Å². The first kappa shape index (κ1) is 19.5. The highest BCUT2D eigenvalue weighted by molar-refractivity contribution is 5.99. The molecule has 3 amide bonds. The first-order chi connectivity index (χ1) is 13.1. The second-order valence-corrected chi connectivity index (χ2v) is 7.70. The molecule has 1 aromatic heterocycles.